The van der Waals surface area contributed by atoms with Crippen molar-refractivity contribution in [3.8, 4) is 0 Å². The van der Waals surface area contributed by atoms with E-state index in [2.05, 4.69) is 15.3 Å². The SMILES string of the molecule is O=c1[nH]c(CNCc2ccc(Cl)s2)nc2ccccc12. The Kier molecular flexibility index (Phi) is 3.82. The van der Waals surface area contributed by atoms with Crippen LogP contribution in [0.25, 0.3) is 10.9 Å². The van der Waals surface area contributed by atoms with E-state index in [4.69, 9.17) is 11.6 Å². The van der Waals surface area contributed by atoms with Crippen molar-refractivity contribution >= 4 is 33.8 Å². The molecule has 2 heterocycles. The monoisotopic (exact) mass is 305 g/mol. The van der Waals surface area contributed by atoms with E-state index in [1.165, 1.54) is 11.3 Å². The van der Waals surface area contributed by atoms with Gasteiger partial charge in [0.25, 0.3) is 5.56 Å². The molecule has 4 nitrogen and oxygen atoms in total. The normalized spacial score (nSPS) is 11.1. The second-order valence-electron chi connectivity index (χ2n) is 4.34. The van der Waals surface area contributed by atoms with E-state index in [-0.39, 0.29) is 5.56 Å². The number of fused-ring (bicyclic) bond motifs is 1. The van der Waals surface area contributed by atoms with Crippen LogP contribution in [0.2, 0.25) is 4.34 Å². The molecular formula is C14H12ClN3OS. The summed E-state index contributed by atoms with van der Waals surface area (Å²) in [6, 6.07) is 11.2. The number of benzene rings is 1. The molecule has 0 aliphatic heterocycles. The summed E-state index contributed by atoms with van der Waals surface area (Å²) in [5.74, 6) is 0.636. The van der Waals surface area contributed by atoms with Gasteiger partial charge in [-0.15, -0.1) is 11.3 Å². The van der Waals surface area contributed by atoms with Crippen molar-refractivity contribution in [3.05, 3.63) is 61.8 Å². The lowest BCUT2D eigenvalue weighted by molar-refractivity contribution is 0.669. The molecular weight excluding hydrogens is 294 g/mol. The molecule has 2 aromatic heterocycles. The van der Waals surface area contributed by atoms with Crippen LogP contribution >= 0.6 is 22.9 Å². The molecule has 0 bridgehead atoms. The van der Waals surface area contributed by atoms with Crippen LogP contribution in [0.3, 0.4) is 0 Å². The number of aromatic amines is 1. The molecule has 0 atom stereocenters. The van der Waals surface area contributed by atoms with Gasteiger partial charge in [-0.2, -0.15) is 0 Å². The first kappa shape index (κ1) is 13.3. The maximum Gasteiger partial charge on any atom is 0.258 e. The topological polar surface area (TPSA) is 57.8 Å². The van der Waals surface area contributed by atoms with Crippen LogP contribution in [0.15, 0.2) is 41.2 Å². The molecule has 0 saturated carbocycles. The molecule has 0 unspecified atom stereocenters. The van der Waals surface area contributed by atoms with E-state index in [0.717, 1.165) is 9.21 Å². The Balaban J connectivity index is 1.73. The minimum Gasteiger partial charge on any atom is -0.309 e. The van der Waals surface area contributed by atoms with Crippen molar-refractivity contribution in [1.29, 1.82) is 0 Å². The lowest BCUT2D eigenvalue weighted by Gasteiger charge is -2.04. The van der Waals surface area contributed by atoms with Gasteiger partial charge in [-0.05, 0) is 24.3 Å². The smallest absolute Gasteiger partial charge is 0.258 e. The molecule has 0 aliphatic rings. The standard InChI is InChI=1S/C14H12ClN3OS/c15-12-6-5-9(20-12)7-16-8-13-17-11-4-2-1-3-10(11)14(19)18-13/h1-6,16H,7-8H2,(H,17,18,19). The highest BCUT2D eigenvalue weighted by molar-refractivity contribution is 7.16. The maximum atomic E-state index is 11.9. The maximum absolute atomic E-state index is 11.9. The molecule has 102 valence electrons. The van der Waals surface area contributed by atoms with Crippen molar-refractivity contribution in [2.24, 2.45) is 0 Å². The Bertz CT molecular complexity index is 796. The number of H-pyrrole nitrogens is 1. The largest absolute Gasteiger partial charge is 0.309 e. The van der Waals surface area contributed by atoms with Crippen molar-refractivity contribution in [3.63, 3.8) is 0 Å². The average Bonchev–Trinajstić information content (AvgIpc) is 2.85. The van der Waals surface area contributed by atoms with E-state index >= 15 is 0 Å². The lowest BCUT2D eigenvalue weighted by Crippen LogP contribution is -2.18. The number of para-hydroxylation sites is 1. The number of nitrogens with one attached hydrogen (secondary N) is 2. The third-order valence-corrected chi connectivity index (χ3v) is 4.11. The highest BCUT2D eigenvalue weighted by Gasteiger charge is 2.03. The summed E-state index contributed by atoms with van der Waals surface area (Å²) in [4.78, 5) is 20.3. The van der Waals surface area contributed by atoms with E-state index in [1.54, 1.807) is 6.07 Å². The molecule has 3 aromatic rings. The van der Waals surface area contributed by atoms with Crippen LogP contribution in [0.1, 0.15) is 10.7 Å². The summed E-state index contributed by atoms with van der Waals surface area (Å²) in [5.41, 5.74) is 0.610. The number of thiophene rings is 1. The van der Waals surface area contributed by atoms with Crippen LogP contribution in [0.4, 0.5) is 0 Å². The van der Waals surface area contributed by atoms with E-state index in [0.29, 0.717) is 29.8 Å². The molecule has 0 amide bonds. The average molecular weight is 306 g/mol. The zero-order valence-electron chi connectivity index (χ0n) is 10.5. The fraction of sp³-hybridized carbons (Fsp3) is 0.143. The lowest BCUT2D eigenvalue weighted by atomic mass is 10.2. The van der Waals surface area contributed by atoms with Crippen molar-refractivity contribution in [2.75, 3.05) is 0 Å². The first-order chi connectivity index (χ1) is 9.72. The van der Waals surface area contributed by atoms with Gasteiger partial charge in [0, 0.05) is 11.4 Å². The van der Waals surface area contributed by atoms with Gasteiger partial charge in [-0.3, -0.25) is 4.79 Å². The highest BCUT2D eigenvalue weighted by atomic mass is 35.5. The van der Waals surface area contributed by atoms with Gasteiger partial charge in [0.1, 0.15) is 5.82 Å². The highest BCUT2D eigenvalue weighted by Crippen LogP contribution is 2.21. The zero-order valence-corrected chi connectivity index (χ0v) is 12.1. The summed E-state index contributed by atoms with van der Waals surface area (Å²) in [6.45, 7) is 1.21. The van der Waals surface area contributed by atoms with Crippen LogP contribution in [-0.2, 0) is 13.1 Å². The predicted molar refractivity (Wildman–Crippen MR) is 82.2 cm³/mol. The molecule has 0 saturated heterocycles. The molecule has 20 heavy (non-hydrogen) atoms. The van der Waals surface area contributed by atoms with Crippen LogP contribution in [0, 0.1) is 0 Å². The number of rotatable bonds is 4. The number of hydrogen-bond donors (Lipinski definition) is 2. The second kappa shape index (κ2) is 5.75. The molecule has 1 aromatic carbocycles. The Morgan fingerprint density at radius 3 is 2.85 bits per heavy atom. The van der Waals surface area contributed by atoms with Crippen molar-refractivity contribution < 1.29 is 0 Å². The van der Waals surface area contributed by atoms with Gasteiger partial charge in [0.2, 0.25) is 0 Å². The molecule has 6 heteroatoms. The van der Waals surface area contributed by atoms with E-state index in [1.807, 2.05) is 30.3 Å². The first-order valence-electron chi connectivity index (χ1n) is 6.15. The number of hydrogen-bond acceptors (Lipinski definition) is 4. The fourth-order valence-corrected chi connectivity index (χ4v) is 3.03. The Morgan fingerprint density at radius 1 is 1.20 bits per heavy atom. The molecule has 0 radical (unpaired) electrons. The van der Waals surface area contributed by atoms with Crippen LogP contribution < -0.4 is 10.9 Å². The van der Waals surface area contributed by atoms with E-state index in [9.17, 15) is 4.79 Å². The summed E-state index contributed by atoms with van der Waals surface area (Å²) < 4.78 is 0.777. The Labute approximate surface area is 124 Å². The summed E-state index contributed by atoms with van der Waals surface area (Å²) in [7, 11) is 0. The number of nitrogens with zero attached hydrogens (tertiary/aromatic N) is 1. The molecule has 2 N–H and O–H groups in total. The van der Waals surface area contributed by atoms with Gasteiger partial charge in [-0.25, -0.2) is 4.98 Å². The fourth-order valence-electron chi connectivity index (χ4n) is 1.97. The quantitative estimate of drug-likeness (QED) is 0.779. The second-order valence-corrected chi connectivity index (χ2v) is 6.14. The first-order valence-corrected chi connectivity index (χ1v) is 7.35. The molecule has 0 aliphatic carbocycles. The zero-order chi connectivity index (χ0) is 13.9. The van der Waals surface area contributed by atoms with Gasteiger partial charge >= 0.3 is 0 Å². The predicted octanol–water partition coefficient (Wildman–Crippen LogP) is 2.93. The third-order valence-electron chi connectivity index (χ3n) is 2.88. The van der Waals surface area contributed by atoms with Crippen molar-refractivity contribution in [1.82, 2.24) is 15.3 Å². The van der Waals surface area contributed by atoms with E-state index < -0.39 is 0 Å². The minimum atomic E-state index is -0.105. The minimum absolute atomic E-state index is 0.105. The summed E-state index contributed by atoms with van der Waals surface area (Å²) >= 11 is 7.41. The third kappa shape index (κ3) is 2.90. The molecule has 3 rings (SSSR count). The number of halogens is 1. The summed E-state index contributed by atoms with van der Waals surface area (Å²) in [6.07, 6.45) is 0. The van der Waals surface area contributed by atoms with Crippen LogP contribution in [-0.4, -0.2) is 9.97 Å². The van der Waals surface area contributed by atoms with Gasteiger partial charge in [0.05, 0.1) is 21.8 Å². The van der Waals surface area contributed by atoms with Gasteiger partial charge in [0.15, 0.2) is 0 Å². The number of aromatic nitrogens is 2. The Morgan fingerprint density at radius 2 is 2.05 bits per heavy atom. The van der Waals surface area contributed by atoms with Crippen LogP contribution in [0.5, 0.6) is 0 Å². The van der Waals surface area contributed by atoms with Gasteiger partial charge < -0.3 is 10.3 Å². The summed E-state index contributed by atoms with van der Waals surface area (Å²) in [5, 5.41) is 3.85. The molecule has 0 spiro atoms. The van der Waals surface area contributed by atoms with Crippen molar-refractivity contribution in [2.45, 2.75) is 13.1 Å². The Hall–Kier alpha value is -1.69. The van der Waals surface area contributed by atoms with Gasteiger partial charge in [-0.1, -0.05) is 23.7 Å². The molecule has 0 fully saturated rings.